The number of nitriles is 1. The number of hydrogen-bond donors (Lipinski definition) is 1. The fraction of sp³-hybridized carbons (Fsp3) is 0.500. The Kier molecular flexibility index (Phi) is 4.53. The number of aryl methyl sites for hydroxylation is 1. The normalized spacial score (nSPS) is 26.7. The molecule has 0 saturated carbocycles. The lowest BCUT2D eigenvalue weighted by Gasteiger charge is -2.33. The number of nitrogens with one attached hydrogen (secondary N) is 1. The minimum absolute atomic E-state index is 0.0989. The third-order valence-electron chi connectivity index (χ3n) is 5.18. The molecule has 2 saturated heterocycles. The Labute approximate surface area is 157 Å². The number of hydrogen-bond acceptors (Lipinski definition) is 6. The Bertz CT molecular complexity index is 993. The zero-order valence-corrected chi connectivity index (χ0v) is 16.4. The van der Waals surface area contributed by atoms with E-state index in [1.165, 1.54) is 11.3 Å². The Morgan fingerprint density at radius 3 is 2.96 bits per heavy atom. The number of morpholine rings is 1. The summed E-state index contributed by atoms with van der Waals surface area (Å²) < 4.78 is 35.8. The standard InChI is InChI=1S/C18H21N3O3S2/c1-11-8-21-9-14(6-15(21)10-24-11)20-26(22,23)18-12(2)16-5-13(7-19)3-4-17(16)25-18/h3-5,11,14-15,20H,6,8-10H2,1-2H3/t11-,14-,15+/m1/s1. The molecule has 0 bridgehead atoms. The molecule has 1 aromatic heterocycles. The molecule has 6 nitrogen and oxygen atoms in total. The van der Waals surface area contributed by atoms with Gasteiger partial charge in [-0.05, 0) is 49.4 Å². The van der Waals surface area contributed by atoms with Gasteiger partial charge in [0.1, 0.15) is 4.21 Å². The molecule has 0 spiro atoms. The molecule has 2 aliphatic heterocycles. The lowest BCUT2D eigenvalue weighted by molar-refractivity contribution is -0.0390. The van der Waals surface area contributed by atoms with Crippen LogP contribution in [0.15, 0.2) is 22.4 Å². The smallest absolute Gasteiger partial charge is 0.250 e. The summed E-state index contributed by atoms with van der Waals surface area (Å²) in [6.45, 7) is 6.09. The van der Waals surface area contributed by atoms with Crippen molar-refractivity contribution in [2.24, 2.45) is 0 Å². The molecule has 8 heteroatoms. The Morgan fingerprint density at radius 1 is 1.38 bits per heavy atom. The van der Waals surface area contributed by atoms with Gasteiger partial charge in [-0.3, -0.25) is 4.90 Å². The number of fused-ring (bicyclic) bond motifs is 2. The lowest BCUT2D eigenvalue weighted by Crippen LogP contribution is -2.45. The van der Waals surface area contributed by atoms with E-state index < -0.39 is 10.0 Å². The van der Waals surface area contributed by atoms with E-state index in [0.29, 0.717) is 28.0 Å². The summed E-state index contributed by atoms with van der Waals surface area (Å²) in [5, 5.41) is 9.91. The second kappa shape index (κ2) is 6.59. The first-order valence-electron chi connectivity index (χ1n) is 8.68. The lowest BCUT2D eigenvalue weighted by atomic mass is 10.1. The maximum atomic E-state index is 13.0. The summed E-state index contributed by atoms with van der Waals surface area (Å²) in [5.41, 5.74) is 1.25. The molecule has 0 unspecified atom stereocenters. The van der Waals surface area contributed by atoms with Gasteiger partial charge in [0.05, 0.1) is 24.3 Å². The minimum Gasteiger partial charge on any atom is -0.376 e. The van der Waals surface area contributed by atoms with Crippen molar-refractivity contribution >= 4 is 31.4 Å². The van der Waals surface area contributed by atoms with Gasteiger partial charge in [-0.1, -0.05) is 0 Å². The van der Waals surface area contributed by atoms with Crippen LogP contribution in [0.25, 0.3) is 10.1 Å². The van der Waals surface area contributed by atoms with Crippen molar-refractivity contribution in [1.82, 2.24) is 9.62 Å². The molecule has 4 rings (SSSR count). The van der Waals surface area contributed by atoms with E-state index in [2.05, 4.69) is 15.7 Å². The van der Waals surface area contributed by atoms with Crippen LogP contribution >= 0.6 is 11.3 Å². The van der Waals surface area contributed by atoms with E-state index in [-0.39, 0.29) is 12.1 Å². The minimum atomic E-state index is -3.59. The number of thiophene rings is 1. The van der Waals surface area contributed by atoms with Crippen molar-refractivity contribution in [2.45, 2.75) is 42.7 Å². The highest BCUT2D eigenvalue weighted by molar-refractivity contribution is 7.91. The van der Waals surface area contributed by atoms with Crippen LogP contribution in [0, 0.1) is 18.3 Å². The molecule has 2 aliphatic rings. The van der Waals surface area contributed by atoms with Crippen LogP contribution in [0.4, 0.5) is 0 Å². The van der Waals surface area contributed by atoms with E-state index >= 15 is 0 Å². The molecular formula is C18H21N3O3S2. The van der Waals surface area contributed by atoms with Crippen molar-refractivity contribution in [3.63, 3.8) is 0 Å². The van der Waals surface area contributed by atoms with Gasteiger partial charge in [0, 0.05) is 29.9 Å². The van der Waals surface area contributed by atoms with Crippen molar-refractivity contribution in [3.8, 4) is 6.07 Å². The third kappa shape index (κ3) is 3.15. The highest BCUT2D eigenvalue weighted by Gasteiger charge is 2.38. The summed E-state index contributed by atoms with van der Waals surface area (Å²) in [5.74, 6) is 0. The summed E-state index contributed by atoms with van der Waals surface area (Å²) >= 11 is 1.26. The Morgan fingerprint density at radius 2 is 2.19 bits per heavy atom. The summed E-state index contributed by atoms with van der Waals surface area (Å²) in [6, 6.07) is 7.60. The quantitative estimate of drug-likeness (QED) is 0.868. The molecule has 26 heavy (non-hydrogen) atoms. The van der Waals surface area contributed by atoms with Crippen LogP contribution in [0.3, 0.4) is 0 Å². The second-order valence-electron chi connectivity index (χ2n) is 7.14. The van der Waals surface area contributed by atoms with E-state index in [0.717, 1.165) is 29.6 Å². The van der Waals surface area contributed by atoms with Crippen LogP contribution in [0.2, 0.25) is 0 Å². The molecular weight excluding hydrogens is 370 g/mol. The first-order valence-corrected chi connectivity index (χ1v) is 11.0. The van der Waals surface area contributed by atoms with Crippen molar-refractivity contribution < 1.29 is 13.2 Å². The van der Waals surface area contributed by atoms with E-state index in [4.69, 9.17) is 10.00 Å². The zero-order valence-electron chi connectivity index (χ0n) is 14.7. The van der Waals surface area contributed by atoms with Gasteiger partial charge < -0.3 is 4.74 Å². The van der Waals surface area contributed by atoms with Crippen molar-refractivity contribution in [1.29, 1.82) is 5.26 Å². The largest absolute Gasteiger partial charge is 0.376 e. The topological polar surface area (TPSA) is 82.4 Å². The van der Waals surface area contributed by atoms with E-state index in [9.17, 15) is 8.42 Å². The number of nitrogens with zero attached hydrogens (tertiary/aromatic N) is 2. The predicted octanol–water partition coefficient (Wildman–Crippen LogP) is 2.22. The van der Waals surface area contributed by atoms with Gasteiger partial charge in [0.2, 0.25) is 0 Å². The average molecular weight is 392 g/mol. The molecule has 138 valence electrons. The molecule has 0 amide bonds. The van der Waals surface area contributed by atoms with Crippen LogP contribution in [-0.4, -0.2) is 51.2 Å². The monoisotopic (exact) mass is 391 g/mol. The van der Waals surface area contributed by atoms with Gasteiger partial charge >= 0.3 is 0 Å². The van der Waals surface area contributed by atoms with Crippen LogP contribution in [0.1, 0.15) is 24.5 Å². The van der Waals surface area contributed by atoms with Gasteiger partial charge in [0.15, 0.2) is 0 Å². The van der Waals surface area contributed by atoms with Crippen molar-refractivity contribution in [2.75, 3.05) is 19.7 Å². The molecule has 3 heterocycles. The number of ether oxygens (including phenoxy) is 1. The predicted molar refractivity (Wildman–Crippen MR) is 101 cm³/mol. The van der Waals surface area contributed by atoms with Crippen LogP contribution in [0.5, 0.6) is 0 Å². The Hall–Kier alpha value is -1.50. The fourth-order valence-electron chi connectivity index (χ4n) is 3.92. The summed E-state index contributed by atoms with van der Waals surface area (Å²) in [7, 11) is -3.59. The van der Waals surface area contributed by atoms with E-state index in [1.807, 2.05) is 19.9 Å². The molecule has 2 fully saturated rings. The summed E-state index contributed by atoms with van der Waals surface area (Å²) in [6.07, 6.45) is 0.967. The number of benzene rings is 1. The SMILES string of the molecule is Cc1c(S(=O)(=O)N[C@@H]2C[C@H]3CO[C@H](C)CN3C2)sc2ccc(C#N)cc12. The molecule has 0 radical (unpaired) electrons. The highest BCUT2D eigenvalue weighted by Crippen LogP contribution is 2.35. The van der Waals surface area contributed by atoms with Crippen molar-refractivity contribution in [3.05, 3.63) is 29.3 Å². The number of sulfonamides is 1. The maximum absolute atomic E-state index is 13.0. The first kappa shape index (κ1) is 17.9. The van der Waals surface area contributed by atoms with Gasteiger partial charge in [0.25, 0.3) is 10.0 Å². The second-order valence-corrected chi connectivity index (χ2v) is 10.1. The molecule has 1 aromatic carbocycles. The molecule has 1 N–H and O–H groups in total. The zero-order chi connectivity index (χ0) is 18.5. The van der Waals surface area contributed by atoms with E-state index in [1.54, 1.807) is 12.1 Å². The summed E-state index contributed by atoms with van der Waals surface area (Å²) in [4.78, 5) is 2.32. The van der Waals surface area contributed by atoms with Crippen LogP contribution < -0.4 is 4.72 Å². The first-order chi connectivity index (χ1) is 12.4. The van der Waals surface area contributed by atoms with Gasteiger partial charge in [-0.2, -0.15) is 5.26 Å². The van der Waals surface area contributed by atoms with Gasteiger partial charge in [-0.15, -0.1) is 11.3 Å². The maximum Gasteiger partial charge on any atom is 0.250 e. The molecule has 0 aliphatic carbocycles. The van der Waals surface area contributed by atoms with Gasteiger partial charge in [-0.25, -0.2) is 13.1 Å². The third-order valence-corrected chi connectivity index (χ3v) is 8.59. The fourth-order valence-corrected chi connectivity index (χ4v) is 6.93. The molecule has 3 atom stereocenters. The average Bonchev–Trinajstić information content (AvgIpc) is 3.14. The highest BCUT2D eigenvalue weighted by atomic mass is 32.2. The van der Waals surface area contributed by atoms with Crippen LogP contribution in [-0.2, 0) is 14.8 Å². The molecule has 2 aromatic rings. The Balaban J connectivity index is 1.58. The number of rotatable bonds is 3.